The fourth-order valence-corrected chi connectivity index (χ4v) is 3.90. The van der Waals surface area contributed by atoms with Crippen molar-refractivity contribution in [3.05, 3.63) is 23.9 Å². The molecule has 3 rings (SSSR count). The van der Waals surface area contributed by atoms with Gasteiger partial charge in [-0.2, -0.15) is 0 Å². The van der Waals surface area contributed by atoms with Crippen LogP contribution < -0.4 is 10.2 Å². The average Bonchev–Trinajstić information content (AvgIpc) is 2.98. The van der Waals surface area contributed by atoms with E-state index in [1.807, 2.05) is 6.07 Å². The van der Waals surface area contributed by atoms with Crippen LogP contribution in [-0.4, -0.2) is 41.7 Å². The van der Waals surface area contributed by atoms with Crippen LogP contribution in [0.25, 0.3) is 0 Å². The molecule has 1 spiro atoms. The van der Waals surface area contributed by atoms with E-state index >= 15 is 0 Å². The minimum atomic E-state index is -0.201. The Morgan fingerprint density at radius 3 is 2.75 bits per heavy atom. The molecule has 1 saturated heterocycles. The molecule has 1 aromatic rings. The van der Waals surface area contributed by atoms with E-state index in [9.17, 15) is 4.79 Å². The molecule has 0 atom stereocenters. The molecular formula is C19H25N3O2. The number of hydrogen-bond donors (Lipinski definition) is 1. The Morgan fingerprint density at radius 2 is 2.12 bits per heavy atom. The van der Waals surface area contributed by atoms with Crippen LogP contribution in [0.5, 0.6) is 0 Å². The Labute approximate surface area is 143 Å². The molecule has 1 saturated carbocycles. The number of anilines is 1. The lowest BCUT2D eigenvalue weighted by Crippen LogP contribution is -2.59. The molecule has 24 heavy (non-hydrogen) atoms. The van der Waals surface area contributed by atoms with Crippen molar-refractivity contribution in [2.75, 3.05) is 24.5 Å². The maximum absolute atomic E-state index is 11.9. The van der Waals surface area contributed by atoms with Gasteiger partial charge in [0.05, 0.1) is 23.3 Å². The molecule has 2 fully saturated rings. The molecule has 2 aliphatic rings. The van der Waals surface area contributed by atoms with Crippen LogP contribution in [0.4, 0.5) is 5.82 Å². The molecule has 1 aromatic heterocycles. The van der Waals surface area contributed by atoms with Gasteiger partial charge < -0.3 is 15.0 Å². The Morgan fingerprint density at radius 1 is 1.38 bits per heavy atom. The maximum atomic E-state index is 11.9. The number of carbonyl (C=O) groups is 1. The van der Waals surface area contributed by atoms with Gasteiger partial charge in [-0.05, 0) is 38.8 Å². The molecule has 1 aliphatic carbocycles. The first-order valence-electron chi connectivity index (χ1n) is 8.56. The predicted octanol–water partition coefficient (Wildman–Crippen LogP) is 2.37. The van der Waals surface area contributed by atoms with Crippen LogP contribution in [-0.2, 0) is 4.74 Å². The first-order valence-corrected chi connectivity index (χ1v) is 8.56. The topological polar surface area (TPSA) is 54.5 Å². The molecule has 0 unspecified atom stereocenters. The standard InChI is InChI=1S/C19H25N3O2/c1-4-11-20-17(23)15-7-8-16(21-12-15)22-13-18(2,3)24-19(14-22)9-5-6-10-19/h1,7-8,12H,5-6,9-11,13-14H2,2-3H3,(H,20,23). The van der Waals surface area contributed by atoms with E-state index in [-0.39, 0.29) is 23.7 Å². The van der Waals surface area contributed by atoms with Crippen LogP contribution in [0.2, 0.25) is 0 Å². The fraction of sp³-hybridized carbons (Fsp3) is 0.579. The van der Waals surface area contributed by atoms with Gasteiger partial charge in [0, 0.05) is 19.3 Å². The molecule has 5 nitrogen and oxygen atoms in total. The van der Waals surface area contributed by atoms with Crippen LogP contribution in [0, 0.1) is 12.3 Å². The molecular weight excluding hydrogens is 302 g/mol. The van der Waals surface area contributed by atoms with Crippen molar-refractivity contribution in [2.45, 2.75) is 50.7 Å². The highest BCUT2D eigenvalue weighted by Gasteiger charge is 2.46. The summed E-state index contributed by atoms with van der Waals surface area (Å²) < 4.78 is 6.43. The summed E-state index contributed by atoms with van der Waals surface area (Å²) in [6, 6.07) is 3.72. The van der Waals surface area contributed by atoms with E-state index < -0.39 is 0 Å². The number of rotatable bonds is 3. The van der Waals surface area contributed by atoms with E-state index in [1.54, 1.807) is 12.3 Å². The summed E-state index contributed by atoms with van der Waals surface area (Å²) in [5, 5.41) is 2.65. The van der Waals surface area contributed by atoms with E-state index in [4.69, 9.17) is 11.2 Å². The highest BCUT2D eigenvalue weighted by Crippen LogP contribution is 2.41. The largest absolute Gasteiger partial charge is 0.365 e. The first kappa shape index (κ1) is 16.8. The minimum absolute atomic E-state index is 0.0493. The third kappa shape index (κ3) is 3.54. The fourth-order valence-electron chi connectivity index (χ4n) is 3.90. The zero-order valence-corrected chi connectivity index (χ0v) is 14.5. The number of carbonyl (C=O) groups excluding carboxylic acids is 1. The molecule has 1 amide bonds. The van der Waals surface area contributed by atoms with Crippen molar-refractivity contribution in [3.63, 3.8) is 0 Å². The molecule has 128 valence electrons. The Kier molecular flexibility index (Phi) is 4.51. The lowest BCUT2D eigenvalue weighted by atomic mass is 9.94. The first-order chi connectivity index (χ1) is 11.4. The zero-order chi connectivity index (χ0) is 17.2. The van der Waals surface area contributed by atoms with E-state index in [1.165, 1.54) is 12.8 Å². The van der Waals surface area contributed by atoms with Crippen molar-refractivity contribution in [1.82, 2.24) is 10.3 Å². The number of morpholine rings is 1. The van der Waals surface area contributed by atoms with Gasteiger partial charge in [-0.1, -0.05) is 18.8 Å². The van der Waals surface area contributed by atoms with Gasteiger partial charge in [-0.15, -0.1) is 6.42 Å². The molecule has 5 heteroatoms. The Hall–Kier alpha value is -2.06. The summed E-state index contributed by atoms with van der Waals surface area (Å²) in [6.07, 6.45) is 11.5. The van der Waals surface area contributed by atoms with Gasteiger partial charge in [0.25, 0.3) is 5.91 Å². The van der Waals surface area contributed by atoms with Crippen LogP contribution in [0.3, 0.4) is 0 Å². The van der Waals surface area contributed by atoms with Gasteiger partial charge in [0.15, 0.2) is 0 Å². The average molecular weight is 327 g/mol. The highest BCUT2D eigenvalue weighted by molar-refractivity contribution is 5.94. The third-order valence-corrected chi connectivity index (χ3v) is 4.74. The van der Waals surface area contributed by atoms with Gasteiger partial charge >= 0.3 is 0 Å². The van der Waals surface area contributed by atoms with Crippen molar-refractivity contribution in [1.29, 1.82) is 0 Å². The van der Waals surface area contributed by atoms with E-state index in [0.29, 0.717) is 5.56 Å². The van der Waals surface area contributed by atoms with Crippen molar-refractivity contribution in [2.24, 2.45) is 0 Å². The van der Waals surface area contributed by atoms with Crippen LogP contribution >= 0.6 is 0 Å². The molecule has 0 bridgehead atoms. The Bertz CT molecular complexity index is 640. The van der Waals surface area contributed by atoms with Crippen LogP contribution in [0.15, 0.2) is 18.3 Å². The van der Waals surface area contributed by atoms with Crippen molar-refractivity contribution >= 4 is 11.7 Å². The molecule has 0 aromatic carbocycles. The van der Waals surface area contributed by atoms with E-state index in [0.717, 1.165) is 31.7 Å². The smallest absolute Gasteiger partial charge is 0.253 e. The van der Waals surface area contributed by atoms with Crippen molar-refractivity contribution in [3.8, 4) is 12.3 Å². The SMILES string of the molecule is C#CCNC(=O)c1ccc(N2CC(C)(C)OC3(CCCC3)C2)nc1. The normalized spacial score (nSPS) is 21.5. The summed E-state index contributed by atoms with van der Waals surface area (Å²) in [7, 11) is 0. The number of pyridine rings is 1. The second kappa shape index (κ2) is 6.45. The van der Waals surface area contributed by atoms with Gasteiger partial charge in [-0.3, -0.25) is 4.79 Å². The minimum Gasteiger partial charge on any atom is -0.365 e. The maximum Gasteiger partial charge on any atom is 0.253 e. The quantitative estimate of drug-likeness (QED) is 0.866. The number of terminal acetylenes is 1. The monoisotopic (exact) mass is 327 g/mol. The van der Waals surface area contributed by atoms with Crippen LogP contribution in [0.1, 0.15) is 49.9 Å². The number of nitrogens with zero attached hydrogens (tertiary/aromatic N) is 2. The second-order valence-electron chi connectivity index (χ2n) is 7.40. The summed E-state index contributed by atoms with van der Waals surface area (Å²) in [4.78, 5) is 18.7. The zero-order valence-electron chi connectivity index (χ0n) is 14.5. The lowest BCUT2D eigenvalue weighted by Gasteiger charge is -2.49. The van der Waals surface area contributed by atoms with Gasteiger partial charge in [-0.25, -0.2) is 4.98 Å². The van der Waals surface area contributed by atoms with E-state index in [2.05, 4.69) is 35.0 Å². The number of aromatic nitrogens is 1. The number of nitrogens with one attached hydrogen (secondary N) is 1. The van der Waals surface area contributed by atoms with Crippen molar-refractivity contribution < 1.29 is 9.53 Å². The summed E-state index contributed by atoms with van der Waals surface area (Å²) in [5.41, 5.74) is 0.274. The third-order valence-electron chi connectivity index (χ3n) is 4.74. The second-order valence-corrected chi connectivity index (χ2v) is 7.40. The number of amides is 1. The molecule has 1 N–H and O–H groups in total. The highest BCUT2D eigenvalue weighted by atomic mass is 16.5. The Balaban J connectivity index is 1.75. The lowest BCUT2D eigenvalue weighted by molar-refractivity contribution is -0.148. The number of ether oxygens (including phenoxy) is 1. The number of hydrogen-bond acceptors (Lipinski definition) is 4. The molecule has 1 aliphatic heterocycles. The predicted molar refractivity (Wildman–Crippen MR) is 94.0 cm³/mol. The molecule has 0 radical (unpaired) electrons. The van der Waals surface area contributed by atoms with Gasteiger partial charge in [0.1, 0.15) is 5.82 Å². The summed E-state index contributed by atoms with van der Waals surface area (Å²) in [5.74, 6) is 3.10. The summed E-state index contributed by atoms with van der Waals surface area (Å²) >= 11 is 0. The molecule has 2 heterocycles. The van der Waals surface area contributed by atoms with Gasteiger partial charge in [0.2, 0.25) is 0 Å². The summed E-state index contributed by atoms with van der Waals surface area (Å²) in [6.45, 7) is 6.17.